The van der Waals surface area contributed by atoms with E-state index in [9.17, 15) is 4.39 Å². The molecule has 0 radical (unpaired) electrons. The molecule has 1 aliphatic rings. The molecule has 0 nitrogen and oxygen atoms in total. The fourth-order valence-corrected chi connectivity index (χ4v) is 3.53. The van der Waals surface area contributed by atoms with Crippen molar-refractivity contribution in [2.24, 2.45) is 0 Å². The van der Waals surface area contributed by atoms with Gasteiger partial charge in [0, 0.05) is 0 Å². The van der Waals surface area contributed by atoms with Gasteiger partial charge in [-0.2, -0.15) is 0 Å². The molecule has 0 saturated heterocycles. The molecule has 1 aliphatic carbocycles. The van der Waals surface area contributed by atoms with Crippen LogP contribution in [0.3, 0.4) is 0 Å². The Morgan fingerprint density at radius 3 is 2.30 bits per heavy atom. The third-order valence-electron chi connectivity index (χ3n) is 5.19. The molecular weight excluding hydrogens is 331 g/mol. The van der Waals surface area contributed by atoms with Gasteiger partial charge < -0.3 is 0 Å². The predicted molar refractivity (Wildman–Crippen MR) is 115 cm³/mol. The van der Waals surface area contributed by atoms with Crippen LogP contribution in [0.1, 0.15) is 62.3 Å². The molecule has 2 aromatic rings. The summed E-state index contributed by atoms with van der Waals surface area (Å²) in [5.74, 6) is 0. The molecule has 0 heterocycles. The van der Waals surface area contributed by atoms with E-state index in [1.807, 2.05) is 24.3 Å². The van der Waals surface area contributed by atoms with Crippen LogP contribution in [0, 0.1) is 0 Å². The maximum absolute atomic E-state index is 14.0. The second-order valence-electron chi connectivity index (χ2n) is 7.94. The molecular formula is C26H29F. The Bertz CT molecular complexity index is 856. The van der Waals surface area contributed by atoms with Crippen molar-refractivity contribution in [3.8, 4) is 0 Å². The standard InChI is InChI=1S/C26H29F/c1-5-6-19(2)22-10-7-20(8-11-22)17-21-9-12-24(18-21)23-13-15-25(16-14-23)26(3,4)27/h7-8,10-16,18H,2,5-6,9,17H2,1,3-4H3. The average Bonchev–Trinajstić information content (AvgIpc) is 3.10. The number of allylic oxidation sites excluding steroid dienone is 5. The monoisotopic (exact) mass is 360 g/mol. The Hall–Kier alpha value is -2.41. The maximum atomic E-state index is 14.0. The third kappa shape index (κ3) is 4.86. The van der Waals surface area contributed by atoms with Gasteiger partial charge in [0.05, 0.1) is 0 Å². The van der Waals surface area contributed by atoms with Gasteiger partial charge in [0.2, 0.25) is 0 Å². The molecule has 2 aromatic carbocycles. The van der Waals surface area contributed by atoms with E-state index in [-0.39, 0.29) is 0 Å². The van der Waals surface area contributed by atoms with Gasteiger partial charge in [-0.25, -0.2) is 4.39 Å². The highest BCUT2D eigenvalue weighted by molar-refractivity contribution is 5.77. The summed E-state index contributed by atoms with van der Waals surface area (Å²) in [6, 6.07) is 16.6. The molecule has 0 aromatic heterocycles. The van der Waals surface area contributed by atoms with Crippen molar-refractivity contribution >= 4 is 11.1 Å². The largest absolute Gasteiger partial charge is 0.239 e. The lowest BCUT2D eigenvalue weighted by Gasteiger charge is -2.14. The van der Waals surface area contributed by atoms with Gasteiger partial charge in [0.15, 0.2) is 0 Å². The lowest BCUT2D eigenvalue weighted by atomic mass is 9.97. The van der Waals surface area contributed by atoms with Crippen LogP contribution >= 0.6 is 0 Å². The molecule has 0 fully saturated rings. The van der Waals surface area contributed by atoms with Crippen molar-refractivity contribution in [2.45, 2.75) is 52.1 Å². The minimum atomic E-state index is -1.29. The predicted octanol–water partition coefficient (Wildman–Crippen LogP) is 7.66. The van der Waals surface area contributed by atoms with Crippen LogP contribution in [-0.4, -0.2) is 0 Å². The van der Waals surface area contributed by atoms with Crippen LogP contribution in [0.2, 0.25) is 0 Å². The summed E-state index contributed by atoms with van der Waals surface area (Å²) in [6.07, 6.45) is 8.68. The fourth-order valence-electron chi connectivity index (χ4n) is 3.53. The number of halogens is 1. The molecule has 0 N–H and O–H groups in total. The van der Waals surface area contributed by atoms with Crippen LogP contribution in [-0.2, 0) is 12.1 Å². The first-order valence-electron chi connectivity index (χ1n) is 9.83. The van der Waals surface area contributed by atoms with E-state index >= 15 is 0 Å². The smallest absolute Gasteiger partial charge is 0.130 e. The van der Waals surface area contributed by atoms with E-state index < -0.39 is 5.67 Å². The maximum Gasteiger partial charge on any atom is 0.130 e. The Labute approximate surface area is 163 Å². The van der Waals surface area contributed by atoms with Crippen molar-refractivity contribution < 1.29 is 4.39 Å². The molecule has 0 atom stereocenters. The molecule has 0 aliphatic heterocycles. The zero-order valence-corrected chi connectivity index (χ0v) is 16.7. The van der Waals surface area contributed by atoms with Crippen molar-refractivity contribution in [1.29, 1.82) is 0 Å². The van der Waals surface area contributed by atoms with Gasteiger partial charge in [0.1, 0.15) is 5.67 Å². The van der Waals surface area contributed by atoms with Gasteiger partial charge in [-0.3, -0.25) is 0 Å². The van der Waals surface area contributed by atoms with Crippen LogP contribution in [0.25, 0.3) is 11.1 Å². The Morgan fingerprint density at radius 2 is 1.70 bits per heavy atom. The summed E-state index contributed by atoms with van der Waals surface area (Å²) in [5.41, 5.74) is 7.03. The van der Waals surface area contributed by atoms with E-state index in [0.29, 0.717) is 0 Å². The quantitative estimate of drug-likeness (QED) is 0.475. The summed E-state index contributed by atoms with van der Waals surface area (Å²) in [4.78, 5) is 0. The van der Waals surface area contributed by atoms with Gasteiger partial charge in [-0.1, -0.05) is 86.2 Å². The van der Waals surface area contributed by atoms with E-state index in [1.54, 1.807) is 13.8 Å². The second-order valence-corrected chi connectivity index (χ2v) is 7.94. The lowest BCUT2D eigenvalue weighted by Crippen LogP contribution is -2.08. The first kappa shape index (κ1) is 19.4. The van der Waals surface area contributed by atoms with Crippen molar-refractivity contribution in [3.63, 3.8) is 0 Å². The molecule has 0 spiro atoms. The Morgan fingerprint density at radius 1 is 1.04 bits per heavy atom. The van der Waals surface area contributed by atoms with Crippen LogP contribution in [0.4, 0.5) is 4.39 Å². The molecule has 0 bridgehead atoms. The summed E-state index contributed by atoms with van der Waals surface area (Å²) in [6.45, 7) is 9.54. The van der Waals surface area contributed by atoms with Crippen molar-refractivity contribution in [2.75, 3.05) is 0 Å². The second kappa shape index (κ2) is 8.08. The molecule has 0 unspecified atom stereocenters. The molecule has 140 valence electrons. The SMILES string of the molecule is C=C(CCC)c1ccc(CC2=CC(c3ccc(C(C)(C)F)cc3)=CC2)cc1. The van der Waals surface area contributed by atoms with Crippen LogP contribution in [0.15, 0.2) is 72.8 Å². The molecule has 0 amide bonds. The van der Waals surface area contributed by atoms with E-state index in [4.69, 9.17) is 0 Å². The van der Waals surface area contributed by atoms with Gasteiger partial charge in [0.25, 0.3) is 0 Å². The number of rotatable bonds is 7. The zero-order valence-electron chi connectivity index (χ0n) is 16.7. The highest BCUT2D eigenvalue weighted by atomic mass is 19.1. The summed E-state index contributed by atoms with van der Waals surface area (Å²) < 4.78 is 14.0. The number of benzene rings is 2. The highest BCUT2D eigenvalue weighted by Gasteiger charge is 2.18. The van der Waals surface area contributed by atoms with E-state index in [1.165, 1.54) is 27.8 Å². The normalized spacial score (nSPS) is 14.1. The van der Waals surface area contributed by atoms with Crippen molar-refractivity contribution in [3.05, 3.63) is 95.1 Å². The fraction of sp³-hybridized carbons (Fsp3) is 0.308. The number of alkyl halides is 1. The minimum Gasteiger partial charge on any atom is -0.239 e. The van der Waals surface area contributed by atoms with E-state index in [2.05, 4.69) is 49.9 Å². The van der Waals surface area contributed by atoms with Crippen molar-refractivity contribution in [1.82, 2.24) is 0 Å². The Balaban J connectivity index is 1.66. The first-order valence-corrected chi connectivity index (χ1v) is 9.83. The summed E-state index contributed by atoms with van der Waals surface area (Å²) in [7, 11) is 0. The van der Waals surface area contributed by atoms with Gasteiger partial charge >= 0.3 is 0 Å². The van der Waals surface area contributed by atoms with Gasteiger partial charge in [-0.05, 0) is 66.5 Å². The topological polar surface area (TPSA) is 0 Å². The van der Waals surface area contributed by atoms with Crippen LogP contribution in [0.5, 0.6) is 0 Å². The number of hydrogen-bond acceptors (Lipinski definition) is 0. The first-order chi connectivity index (χ1) is 12.9. The molecule has 0 saturated carbocycles. The molecule has 3 rings (SSSR count). The summed E-state index contributed by atoms with van der Waals surface area (Å²) >= 11 is 0. The third-order valence-corrected chi connectivity index (χ3v) is 5.19. The summed E-state index contributed by atoms with van der Waals surface area (Å²) in [5, 5.41) is 0. The average molecular weight is 361 g/mol. The molecule has 1 heteroatoms. The lowest BCUT2D eigenvalue weighted by molar-refractivity contribution is 0.221. The van der Waals surface area contributed by atoms with Gasteiger partial charge in [-0.15, -0.1) is 0 Å². The Kier molecular flexibility index (Phi) is 5.79. The number of hydrogen-bond donors (Lipinski definition) is 0. The highest BCUT2D eigenvalue weighted by Crippen LogP contribution is 2.31. The van der Waals surface area contributed by atoms with E-state index in [0.717, 1.165) is 36.8 Å². The zero-order chi connectivity index (χ0) is 19.4. The molecule has 27 heavy (non-hydrogen) atoms. The minimum absolute atomic E-state index is 0.721. The van der Waals surface area contributed by atoms with Crippen LogP contribution < -0.4 is 0 Å².